The van der Waals surface area contributed by atoms with Crippen molar-refractivity contribution in [2.75, 3.05) is 0 Å². The molecule has 0 fully saturated rings. The van der Waals surface area contributed by atoms with E-state index in [1.165, 1.54) is 12.3 Å². The van der Waals surface area contributed by atoms with Gasteiger partial charge < -0.3 is 9.40 Å². The van der Waals surface area contributed by atoms with E-state index < -0.39 is 25.5 Å². The number of aryl methyl sites for hydroxylation is 2. The Bertz CT molecular complexity index is 3120. The fourth-order valence-corrected chi connectivity index (χ4v) is 6.96. The summed E-state index contributed by atoms with van der Waals surface area (Å²) < 4.78 is 69.5. The van der Waals surface area contributed by atoms with Gasteiger partial charge in [-0.1, -0.05) is 153 Å². The molecule has 3 nitrogen and oxygen atoms in total. The summed E-state index contributed by atoms with van der Waals surface area (Å²) in [6.07, 6.45) is 1.69. The molecular formula is C54H46IrN2O-2. The summed E-state index contributed by atoms with van der Waals surface area (Å²) in [6, 6.07) is 51.4. The summed E-state index contributed by atoms with van der Waals surface area (Å²) in [7, 11) is 0. The molecule has 0 aliphatic heterocycles. The van der Waals surface area contributed by atoms with Crippen LogP contribution < -0.4 is 0 Å². The third kappa shape index (κ3) is 8.90. The van der Waals surface area contributed by atoms with Gasteiger partial charge in [-0.3, -0.25) is 4.98 Å². The Morgan fingerprint density at radius 1 is 0.655 bits per heavy atom. The zero-order valence-corrected chi connectivity index (χ0v) is 34.8. The van der Waals surface area contributed by atoms with Crippen molar-refractivity contribution in [3.63, 3.8) is 0 Å². The first-order chi connectivity index (χ1) is 30.8. The maximum absolute atomic E-state index is 8.57. The number of pyridine rings is 2. The standard InChI is InChI=1S/C34H28NO.C20H18N.Ir/c1-34(2,3)22-23-12-14-25(15-13-23)27-18-19-35-31(20-27)30-11-7-10-29-28-17-16-26(21-32(28)36-33(29)30)24-8-5-4-6-9-24;1-14-9-10-20(21-13-14)19-12-18(15(2)11-16(19)3)17-7-5-4-6-8-17;/h4-10,12-21H,22H2,1-3H3;4-13H,3H2,1-2H3;/q2*-1;/i22D2;1D3,2D3;. The Morgan fingerprint density at radius 2 is 1.36 bits per heavy atom. The molecule has 3 aromatic heterocycles. The molecule has 6 aromatic carbocycles. The maximum Gasteiger partial charge on any atom is 0.121 e. The summed E-state index contributed by atoms with van der Waals surface area (Å²) in [5.41, 5.74) is 11.1. The number of aromatic nitrogens is 2. The van der Waals surface area contributed by atoms with Crippen molar-refractivity contribution in [2.24, 2.45) is 5.41 Å². The molecule has 4 heteroatoms. The van der Waals surface area contributed by atoms with Gasteiger partial charge in [0, 0.05) is 54.5 Å². The number of furan rings is 1. The molecule has 0 N–H and O–H groups in total. The van der Waals surface area contributed by atoms with Gasteiger partial charge in [0.05, 0.1) is 5.58 Å². The third-order valence-electron chi connectivity index (χ3n) is 9.66. The number of hydrogen-bond donors (Lipinski definition) is 0. The third-order valence-corrected chi connectivity index (χ3v) is 9.66. The molecule has 289 valence electrons. The fourth-order valence-electron chi connectivity index (χ4n) is 6.96. The van der Waals surface area contributed by atoms with E-state index >= 15 is 0 Å². The molecule has 0 aliphatic rings. The van der Waals surface area contributed by atoms with Gasteiger partial charge in [-0.15, -0.1) is 29.8 Å². The van der Waals surface area contributed by atoms with E-state index in [2.05, 4.69) is 53.3 Å². The van der Waals surface area contributed by atoms with E-state index in [1.807, 2.05) is 118 Å². The Balaban J connectivity index is 0.000000205. The molecule has 0 saturated heterocycles. The van der Waals surface area contributed by atoms with Gasteiger partial charge in [-0.2, -0.15) is 18.6 Å². The van der Waals surface area contributed by atoms with Crippen molar-refractivity contribution in [2.45, 2.75) is 40.8 Å². The quantitative estimate of drug-likeness (QED) is 0.156. The van der Waals surface area contributed by atoms with Gasteiger partial charge in [0.25, 0.3) is 0 Å². The SMILES string of the molecule is [2H]C([2H])([2H])c1ccc(-c2cc(-c3ccccc3)c(C([2H])([2H])[2H])cc2[CH2-])nc1.[2H]C([2H])(c1ccc(-c2ccnc(-c3[c-]ccc4c3oc3cc(-c5ccccc5)ccc34)c2)cc1)C(C)(C)C.[Ir]. The topological polar surface area (TPSA) is 38.9 Å². The number of hydrogen-bond acceptors (Lipinski definition) is 3. The van der Waals surface area contributed by atoms with Crippen LogP contribution in [0.25, 0.3) is 77.8 Å². The van der Waals surface area contributed by atoms with Gasteiger partial charge in [-0.05, 0) is 87.0 Å². The van der Waals surface area contributed by atoms with Crippen LogP contribution in [0.5, 0.6) is 0 Å². The normalized spacial score (nSPS) is 13.9. The monoisotopic (exact) mass is 939 g/mol. The van der Waals surface area contributed by atoms with Crippen molar-refractivity contribution < 1.29 is 35.5 Å². The molecule has 0 unspecified atom stereocenters. The largest absolute Gasteiger partial charge is 0.501 e. The van der Waals surface area contributed by atoms with E-state index in [1.54, 1.807) is 24.4 Å². The molecule has 3 heterocycles. The van der Waals surface area contributed by atoms with Gasteiger partial charge in [0.15, 0.2) is 0 Å². The summed E-state index contributed by atoms with van der Waals surface area (Å²) in [5.74, 6) is 0. The molecule has 0 aliphatic carbocycles. The molecule has 58 heavy (non-hydrogen) atoms. The minimum atomic E-state index is -2.28. The first kappa shape index (κ1) is 31.0. The molecule has 9 aromatic rings. The first-order valence-electron chi connectivity index (χ1n) is 22.8. The molecular weight excluding hydrogens is 885 g/mol. The Morgan fingerprint density at radius 3 is 2.05 bits per heavy atom. The molecule has 1 radical (unpaired) electrons. The fraction of sp³-hybridized carbons (Fsp3) is 0.130. The Hall–Kier alpha value is -6.06. The molecule has 0 atom stereocenters. The average Bonchev–Trinajstić information content (AvgIpc) is 3.67. The number of benzene rings is 6. The second-order valence-corrected chi connectivity index (χ2v) is 15.0. The minimum Gasteiger partial charge on any atom is -0.501 e. The Labute approximate surface area is 367 Å². The summed E-state index contributed by atoms with van der Waals surface area (Å²) in [6.45, 7) is 5.24. The van der Waals surface area contributed by atoms with Crippen LogP contribution in [0.4, 0.5) is 0 Å². The van der Waals surface area contributed by atoms with E-state index in [4.69, 9.17) is 15.4 Å². The van der Waals surface area contributed by atoms with E-state index in [-0.39, 0.29) is 31.2 Å². The summed E-state index contributed by atoms with van der Waals surface area (Å²) in [4.78, 5) is 8.92. The smallest absolute Gasteiger partial charge is 0.121 e. The Kier molecular flexibility index (Phi) is 9.19. The van der Waals surface area contributed by atoms with Crippen LogP contribution in [0, 0.1) is 32.1 Å². The van der Waals surface area contributed by atoms with E-state index in [0.29, 0.717) is 27.9 Å². The number of nitrogens with zero attached hydrogens (tertiary/aromatic N) is 2. The first-order valence-corrected chi connectivity index (χ1v) is 18.8. The van der Waals surface area contributed by atoms with Crippen LogP contribution in [-0.2, 0) is 26.5 Å². The molecule has 0 saturated carbocycles. The predicted octanol–water partition coefficient (Wildman–Crippen LogP) is 14.6. The van der Waals surface area contributed by atoms with Crippen LogP contribution in [0.3, 0.4) is 0 Å². The molecule has 0 spiro atoms. The second-order valence-electron chi connectivity index (χ2n) is 15.0. The van der Waals surface area contributed by atoms with Crippen molar-refractivity contribution in [1.29, 1.82) is 0 Å². The zero-order chi connectivity index (χ0) is 46.3. The van der Waals surface area contributed by atoms with Gasteiger partial charge in [0.1, 0.15) is 5.58 Å². The van der Waals surface area contributed by atoms with Gasteiger partial charge in [0.2, 0.25) is 0 Å². The minimum absolute atomic E-state index is 0. The van der Waals surface area contributed by atoms with Gasteiger partial charge in [-0.25, -0.2) is 0 Å². The molecule has 9 rings (SSSR count). The predicted molar refractivity (Wildman–Crippen MR) is 239 cm³/mol. The summed E-state index contributed by atoms with van der Waals surface area (Å²) >= 11 is 0. The maximum atomic E-state index is 8.57. The van der Waals surface area contributed by atoms with Crippen LogP contribution >= 0.6 is 0 Å². The average molecular weight is 939 g/mol. The molecule has 0 amide bonds. The van der Waals surface area contributed by atoms with Crippen LogP contribution in [0.1, 0.15) is 54.0 Å². The van der Waals surface area contributed by atoms with Crippen LogP contribution in [-0.4, -0.2) is 9.97 Å². The number of rotatable bonds is 6. The van der Waals surface area contributed by atoms with Gasteiger partial charge >= 0.3 is 0 Å². The van der Waals surface area contributed by atoms with Crippen molar-refractivity contribution >= 4 is 21.9 Å². The second kappa shape index (κ2) is 17.2. The van der Waals surface area contributed by atoms with Crippen molar-refractivity contribution in [3.8, 4) is 55.9 Å². The van der Waals surface area contributed by atoms with Crippen LogP contribution in [0.15, 0.2) is 168 Å². The van der Waals surface area contributed by atoms with Crippen molar-refractivity contribution in [1.82, 2.24) is 9.97 Å². The summed E-state index contributed by atoms with van der Waals surface area (Å²) in [5, 5.41) is 2.10. The van der Waals surface area contributed by atoms with Crippen LogP contribution in [0.2, 0.25) is 0 Å². The number of fused-ring (bicyclic) bond motifs is 3. The van der Waals surface area contributed by atoms with E-state index in [0.717, 1.165) is 61.0 Å². The van der Waals surface area contributed by atoms with Crippen molar-refractivity contribution in [3.05, 3.63) is 199 Å². The van der Waals surface area contributed by atoms with E-state index in [9.17, 15) is 0 Å². The molecule has 0 bridgehead atoms. The zero-order valence-electron chi connectivity index (χ0n) is 40.4.